The third-order valence-electron chi connectivity index (χ3n) is 1.98. The lowest BCUT2D eigenvalue weighted by atomic mass is 10.2. The van der Waals surface area contributed by atoms with Gasteiger partial charge in [-0.3, -0.25) is 4.79 Å². The van der Waals surface area contributed by atoms with E-state index in [1.54, 1.807) is 13.8 Å². The molecular weight excluding hydrogens is 235 g/mol. The van der Waals surface area contributed by atoms with Gasteiger partial charge in [-0.05, 0) is 12.1 Å². The van der Waals surface area contributed by atoms with Crippen LogP contribution in [0.5, 0.6) is 0 Å². The van der Waals surface area contributed by atoms with E-state index in [4.69, 9.17) is 0 Å². The van der Waals surface area contributed by atoms with E-state index in [2.05, 4.69) is 15.5 Å². The van der Waals surface area contributed by atoms with Crippen LogP contribution in [0.2, 0.25) is 0 Å². The molecule has 1 aromatic heterocycles. The summed E-state index contributed by atoms with van der Waals surface area (Å²) in [6.07, 6.45) is -4.49. The van der Waals surface area contributed by atoms with Crippen LogP contribution in [0.3, 0.4) is 0 Å². The van der Waals surface area contributed by atoms with E-state index in [0.29, 0.717) is 0 Å². The lowest BCUT2D eigenvalue weighted by Gasteiger charge is -2.08. The molecule has 17 heavy (non-hydrogen) atoms. The van der Waals surface area contributed by atoms with Crippen molar-refractivity contribution in [3.8, 4) is 0 Å². The lowest BCUT2D eigenvalue weighted by Crippen LogP contribution is -2.27. The minimum absolute atomic E-state index is 0.0716. The van der Waals surface area contributed by atoms with E-state index in [0.717, 1.165) is 6.07 Å². The van der Waals surface area contributed by atoms with E-state index in [-0.39, 0.29) is 24.1 Å². The number of carbonyl (C=O) groups is 1. The smallest absolute Gasteiger partial charge is 0.350 e. The standard InChI is InChI=1S/C10H12F3N3O/c1-6(2)9(17)14-5-7-3-4-8(16-15-7)10(11,12)13/h3-4,6H,5H2,1-2H3,(H,14,17). The molecular formula is C10H12F3N3O. The van der Waals surface area contributed by atoms with Crippen LogP contribution in [0.25, 0.3) is 0 Å². The van der Waals surface area contributed by atoms with Crippen molar-refractivity contribution >= 4 is 5.91 Å². The Morgan fingerprint density at radius 3 is 2.41 bits per heavy atom. The Morgan fingerprint density at radius 2 is 2.00 bits per heavy atom. The Bertz CT molecular complexity index is 387. The number of hydrogen-bond acceptors (Lipinski definition) is 3. The second kappa shape index (κ2) is 5.11. The molecule has 0 saturated carbocycles. The topological polar surface area (TPSA) is 54.9 Å². The average Bonchev–Trinajstić information content (AvgIpc) is 2.25. The number of alkyl halides is 3. The molecule has 94 valence electrons. The van der Waals surface area contributed by atoms with Crippen molar-refractivity contribution < 1.29 is 18.0 Å². The summed E-state index contributed by atoms with van der Waals surface area (Å²) in [5, 5.41) is 8.97. The fourth-order valence-corrected chi connectivity index (χ4v) is 0.987. The summed E-state index contributed by atoms with van der Waals surface area (Å²) < 4.78 is 36.5. The van der Waals surface area contributed by atoms with Crippen LogP contribution in [-0.2, 0) is 17.5 Å². The molecule has 0 aliphatic rings. The van der Waals surface area contributed by atoms with Crippen LogP contribution in [0, 0.1) is 5.92 Å². The van der Waals surface area contributed by atoms with Gasteiger partial charge in [0.15, 0.2) is 5.69 Å². The maximum absolute atomic E-state index is 12.2. The van der Waals surface area contributed by atoms with Gasteiger partial charge < -0.3 is 5.32 Å². The van der Waals surface area contributed by atoms with Gasteiger partial charge in [0.1, 0.15) is 0 Å². The molecule has 0 atom stereocenters. The minimum atomic E-state index is -4.49. The van der Waals surface area contributed by atoms with Crippen LogP contribution in [-0.4, -0.2) is 16.1 Å². The SMILES string of the molecule is CC(C)C(=O)NCc1ccc(C(F)(F)F)nn1. The van der Waals surface area contributed by atoms with Gasteiger partial charge in [-0.25, -0.2) is 0 Å². The summed E-state index contributed by atoms with van der Waals surface area (Å²) in [4.78, 5) is 11.2. The maximum Gasteiger partial charge on any atom is 0.435 e. The van der Waals surface area contributed by atoms with E-state index >= 15 is 0 Å². The first-order chi connectivity index (χ1) is 7.80. The van der Waals surface area contributed by atoms with Gasteiger partial charge in [-0.1, -0.05) is 13.8 Å². The number of halogens is 3. The fourth-order valence-electron chi connectivity index (χ4n) is 0.987. The lowest BCUT2D eigenvalue weighted by molar-refractivity contribution is -0.141. The predicted molar refractivity (Wildman–Crippen MR) is 53.7 cm³/mol. The first-order valence-corrected chi connectivity index (χ1v) is 4.98. The first kappa shape index (κ1) is 13.4. The molecule has 0 aliphatic carbocycles. The largest absolute Gasteiger partial charge is 0.435 e. The van der Waals surface area contributed by atoms with Crippen molar-refractivity contribution in [1.29, 1.82) is 0 Å². The molecule has 1 heterocycles. The molecule has 0 saturated heterocycles. The Morgan fingerprint density at radius 1 is 1.35 bits per heavy atom. The number of nitrogens with zero attached hydrogens (tertiary/aromatic N) is 2. The van der Waals surface area contributed by atoms with Crippen molar-refractivity contribution in [1.82, 2.24) is 15.5 Å². The molecule has 0 radical (unpaired) electrons. The molecule has 0 fully saturated rings. The number of rotatable bonds is 3. The quantitative estimate of drug-likeness (QED) is 0.885. The Kier molecular flexibility index (Phi) is 4.03. The molecule has 0 bridgehead atoms. The second-order valence-corrected chi connectivity index (χ2v) is 3.78. The molecule has 1 amide bonds. The van der Waals surface area contributed by atoms with Gasteiger partial charge in [0.05, 0.1) is 12.2 Å². The van der Waals surface area contributed by atoms with Gasteiger partial charge >= 0.3 is 6.18 Å². The monoisotopic (exact) mass is 247 g/mol. The summed E-state index contributed by atoms with van der Waals surface area (Å²) in [7, 11) is 0. The van der Waals surface area contributed by atoms with Gasteiger partial charge in [-0.15, -0.1) is 5.10 Å². The fraction of sp³-hybridized carbons (Fsp3) is 0.500. The molecule has 7 heteroatoms. The van der Waals surface area contributed by atoms with Crippen molar-refractivity contribution in [2.75, 3.05) is 0 Å². The van der Waals surface area contributed by atoms with Crippen molar-refractivity contribution in [3.05, 3.63) is 23.5 Å². The zero-order valence-electron chi connectivity index (χ0n) is 9.38. The van der Waals surface area contributed by atoms with Gasteiger partial charge in [-0.2, -0.15) is 18.3 Å². The predicted octanol–water partition coefficient (Wildman–Crippen LogP) is 1.77. The van der Waals surface area contributed by atoms with Crippen molar-refractivity contribution in [3.63, 3.8) is 0 Å². The van der Waals surface area contributed by atoms with E-state index < -0.39 is 11.9 Å². The maximum atomic E-state index is 12.2. The molecule has 0 spiro atoms. The highest BCUT2D eigenvalue weighted by Gasteiger charge is 2.32. The first-order valence-electron chi connectivity index (χ1n) is 4.98. The number of hydrogen-bond donors (Lipinski definition) is 1. The molecule has 1 N–H and O–H groups in total. The molecule has 0 unspecified atom stereocenters. The zero-order valence-corrected chi connectivity index (χ0v) is 9.38. The van der Waals surface area contributed by atoms with Gasteiger partial charge in [0.25, 0.3) is 0 Å². The van der Waals surface area contributed by atoms with Gasteiger partial charge in [0.2, 0.25) is 5.91 Å². The Hall–Kier alpha value is -1.66. The number of carbonyl (C=O) groups excluding carboxylic acids is 1. The third-order valence-corrected chi connectivity index (χ3v) is 1.98. The van der Waals surface area contributed by atoms with Gasteiger partial charge in [0, 0.05) is 5.92 Å². The van der Waals surface area contributed by atoms with Crippen molar-refractivity contribution in [2.45, 2.75) is 26.6 Å². The van der Waals surface area contributed by atoms with Crippen molar-refractivity contribution in [2.24, 2.45) is 5.92 Å². The molecule has 1 rings (SSSR count). The normalized spacial score (nSPS) is 11.6. The summed E-state index contributed by atoms with van der Waals surface area (Å²) in [5.74, 6) is -0.371. The van der Waals surface area contributed by atoms with E-state index in [9.17, 15) is 18.0 Å². The van der Waals surface area contributed by atoms with E-state index in [1.807, 2.05) is 0 Å². The summed E-state index contributed by atoms with van der Waals surface area (Å²) in [6, 6.07) is 2.03. The zero-order chi connectivity index (χ0) is 13.1. The summed E-state index contributed by atoms with van der Waals surface area (Å²) >= 11 is 0. The van der Waals surface area contributed by atoms with E-state index in [1.165, 1.54) is 6.07 Å². The highest BCUT2D eigenvalue weighted by atomic mass is 19.4. The van der Waals surface area contributed by atoms with Crippen LogP contribution in [0.4, 0.5) is 13.2 Å². The molecule has 0 aromatic carbocycles. The van der Waals surface area contributed by atoms with Crippen LogP contribution in [0.1, 0.15) is 25.2 Å². The Balaban J connectivity index is 2.61. The summed E-state index contributed by atoms with van der Waals surface area (Å²) in [6.45, 7) is 3.50. The number of aromatic nitrogens is 2. The van der Waals surface area contributed by atoms with Crippen LogP contribution >= 0.6 is 0 Å². The Labute approximate surface area is 96.2 Å². The molecule has 0 aliphatic heterocycles. The molecule has 1 aromatic rings. The van der Waals surface area contributed by atoms with Crippen LogP contribution in [0.15, 0.2) is 12.1 Å². The number of amides is 1. The van der Waals surface area contributed by atoms with Crippen LogP contribution < -0.4 is 5.32 Å². The highest BCUT2D eigenvalue weighted by Crippen LogP contribution is 2.26. The summed E-state index contributed by atoms with van der Waals surface area (Å²) in [5.41, 5.74) is -0.761. The average molecular weight is 247 g/mol. The number of nitrogens with one attached hydrogen (secondary N) is 1. The second-order valence-electron chi connectivity index (χ2n) is 3.78. The minimum Gasteiger partial charge on any atom is -0.350 e. The highest BCUT2D eigenvalue weighted by molar-refractivity contribution is 5.77. The molecule has 4 nitrogen and oxygen atoms in total. The third kappa shape index (κ3) is 4.01.